The Balaban J connectivity index is 2.03. The number of nitrogens with two attached hydrogens (primary N) is 1. The van der Waals surface area contributed by atoms with E-state index in [9.17, 15) is 9.59 Å². The summed E-state index contributed by atoms with van der Waals surface area (Å²) >= 11 is 11.7. The molecule has 2 aromatic carbocycles. The zero-order valence-corrected chi connectivity index (χ0v) is 15.1. The minimum atomic E-state index is -0.798. The number of ether oxygens (including phenoxy) is 2. The van der Waals surface area contributed by atoms with Crippen LogP contribution in [0.15, 0.2) is 30.3 Å². The lowest BCUT2D eigenvalue weighted by Crippen LogP contribution is -2.21. The highest BCUT2D eigenvalue weighted by atomic mass is 35.5. The number of aryl methyl sites for hydroxylation is 1. The Kier molecular flexibility index (Phi) is 6.12. The number of carbonyl (C=O) groups is 2. The molecule has 0 aromatic heterocycles. The number of carbonyl (C=O) groups excluding carboxylic acids is 2. The average molecular weight is 383 g/mol. The molecule has 8 heteroatoms. The summed E-state index contributed by atoms with van der Waals surface area (Å²) in [6, 6.07) is 8.05. The van der Waals surface area contributed by atoms with E-state index in [1.54, 1.807) is 12.1 Å². The van der Waals surface area contributed by atoms with E-state index in [1.807, 2.05) is 13.0 Å². The largest absolute Gasteiger partial charge is 0.495 e. The van der Waals surface area contributed by atoms with Crippen LogP contribution in [0.1, 0.15) is 15.9 Å². The van der Waals surface area contributed by atoms with Gasteiger partial charge in [0, 0.05) is 5.02 Å². The van der Waals surface area contributed by atoms with Crippen LogP contribution in [0.4, 0.5) is 11.4 Å². The summed E-state index contributed by atoms with van der Waals surface area (Å²) in [6.07, 6.45) is 0. The maximum atomic E-state index is 12.1. The summed E-state index contributed by atoms with van der Waals surface area (Å²) in [4.78, 5) is 24.1. The molecule has 2 rings (SSSR count). The van der Waals surface area contributed by atoms with Crippen molar-refractivity contribution in [3.05, 3.63) is 51.5 Å². The summed E-state index contributed by atoms with van der Waals surface area (Å²) in [7, 11) is 1.49. The van der Waals surface area contributed by atoms with Gasteiger partial charge in [-0.1, -0.05) is 29.3 Å². The molecule has 0 radical (unpaired) electrons. The fourth-order valence-corrected chi connectivity index (χ4v) is 2.56. The summed E-state index contributed by atoms with van der Waals surface area (Å²) in [5.74, 6) is -0.826. The minimum Gasteiger partial charge on any atom is -0.495 e. The molecule has 0 saturated heterocycles. The Morgan fingerprint density at radius 3 is 2.60 bits per heavy atom. The summed E-state index contributed by atoms with van der Waals surface area (Å²) in [5.41, 5.74) is 7.19. The van der Waals surface area contributed by atoms with Crippen molar-refractivity contribution in [3.63, 3.8) is 0 Å². The number of amides is 1. The Morgan fingerprint density at radius 1 is 1.20 bits per heavy atom. The molecule has 6 nitrogen and oxygen atoms in total. The molecule has 25 heavy (non-hydrogen) atoms. The molecule has 0 spiro atoms. The van der Waals surface area contributed by atoms with Gasteiger partial charge in [-0.15, -0.1) is 0 Å². The predicted octanol–water partition coefficient (Wildman–Crippen LogP) is 3.69. The monoisotopic (exact) mass is 382 g/mol. The quantitative estimate of drug-likeness (QED) is 0.607. The SMILES string of the molecule is COc1ccc(C)cc1NC(=O)COC(=O)c1cc(Cl)cc(Cl)c1N. The molecule has 0 bridgehead atoms. The smallest absolute Gasteiger partial charge is 0.340 e. The highest BCUT2D eigenvalue weighted by Crippen LogP contribution is 2.28. The number of benzene rings is 2. The van der Waals surface area contributed by atoms with Crippen LogP contribution in [0.5, 0.6) is 5.75 Å². The molecule has 0 fully saturated rings. The van der Waals surface area contributed by atoms with Crippen LogP contribution in [0.25, 0.3) is 0 Å². The topological polar surface area (TPSA) is 90.6 Å². The Bertz CT molecular complexity index is 825. The number of esters is 1. The van der Waals surface area contributed by atoms with Gasteiger partial charge in [0.2, 0.25) is 0 Å². The predicted molar refractivity (Wildman–Crippen MR) is 97.5 cm³/mol. The van der Waals surface area contributed by atoms with Crippen molar-refractivity contribution in [2.75, 3.05) is 24.8 Å². The van der Waals surface area contributed by atoms with Gasteiger partial charge < -0.3 is 20.5 Å². The number of nitrogen functional groups attached to an aromatic ring is 1. The highest BCUT2D eigenvalue weighted by Gasteiger charge is 2.17. The van der Waals surface area contributed by atoms with Crippen molar-refractivity contribution in [1.82, 2.24) is 0 Å². The average Bonchev–Trinajstić information content (AvgIpc) is 2.56. The number of rotatable bonds is 5. The van der Waals surface area contributed by atoms with Gasteiger partial charge in [0.1, 0.15) is 5.75 Å². The van der Waals surface area contributed by atoms with Crippen molar-refractivity contribution >= 4 is 46.5 Å². The van der Waals surface area contributed by atoms with Crippen molar-refractivity contribution in [1.29, 1.82) is 0 Å². The second-order valence-corrected chi connectivity index (χ2v) is 6.02. The first-order chi connectivity index (χ1) is 11.8. The standard InChI is InChI=1S/C17H16Cl2N2O4/c1-9-3-4-14(24-2)13(5-9)21-15(22)8-25-17(23)11-6-10(18)7-12(19)16(11)20/h3-7H,8,20H2,1-2H3,(H,21,22). The van der Waals surface area contributed by atoms with Crippen molar-refractivity contribution in [2.24, 2.45) is 0 Å². The second-order valence-electron chi connectivity index (χ2n) is 5.18. The lowest BCUT2D eigenvalue weighted by atomic mass is 10.2. The third kappa shape index (κ3) is 4.78. The van der Waals surface area contributed by atoms with Gasteiger partial charge in [0.15, 0.2) is 6.61 Å². The first kappa shape index (κ1) is 18.9. The van der Waals surface area contributed by atoms with E-state index in [0.29, 0.717) is 11.4 Å². The van der Waals surface area contributed by atoms with Crippen LogP contribution in [-0.2, 0) is 9.53 Å². The van der Waals surface area contributed by atoms with Gasteiger partial charge in [-0.25, -0.2) is 4.79 Å². The van der Waals surface area contributed by atoms with E-state index >= 15 is 0 Å². The van der Waals surface area contributed by atoms with Gasteiger partial charge >= 0.3 is 5.97 Å². The number of nitrogens with one attached hydrogen (secondary N) is 1. The zero-order chi connectivity index (χ0) is 18.6. The first-order valence-corrected chi connectivity index (χ1v) is 7.93. The number of hydrogen-bond acceptors (Lipinski definition) is 5. The molecule has 0 heterocycles. The molecule has 0 aliphatic heterocycles. The van der Waals surface area contributed by atoms with Crippen LogP contribution in [0.2, 0.25) is 10.0 Å². The molecule has 2 aromatic rings. The minimum absolute atomic E-state index is 0.00145. The number of hydrogen-bond donors (Lipinski definition) is 2. The Morgan fingerprint density at radius 2 is 1.92 bits per heavy atom. The molecule has 0 aliphatic carbocycles. The Hall–Kier alpha value is -2.44. The number of methoxy groups -OCH3 is 1. The molecule has 3 N–H and O–H groups in total. The third-order valence-electron chi connectivity index (χ3n) is 3.28. The maximum Gasteiger partial charge on any atom is 0.340 e. The molecular weight excluding hydrogens is 367 g/mol. The molecule has 0 unspecified atom stereocenters. The van der Waals surface area contributed by atoms with Gasteiger partial charge in [-0.05, 0) is 36.8 Å². The van der Waals surface area contributed by atoms with Crippen molar-refractivity contribution in [3.8, 4) is 5.75 Å². The normalized spacial score (nSPS) is 10.2. The molecule has 132 valence electrons. The van der Waals surface area contributed by atoms with Gasteiger partial charge in [-0.3, -0.25) is 4.79 Å². The van der Waals surface area contributed by atoms with Gasteiger partial charge in [-0.2, -0.15) is 0 Å². The lowest BCUT2D eigenvalue weighted by molar-refractivity contribution is -0.119. The molecule has 1 amide bonds. The van der Waals surface area contributed by atoms with Crippen molar-refractivity contribution < 1.29 is 19.1 Å². The molecule has 0 aliphatic rings. The van der Waals surface area contributed by atoms with Crippen LogP contribution in [0, 0.1) is 6.92 Å². The van der Waals surface area contributed by atoms with E-state index in [1.165, 1.54) is 19.2 Å². The summed E-state index contributed by atoms with van der Waals surface area (Å²) in [6.45, 7) is 1.38. The van der Waals surface area contributed by atoms with Crippen LogP contribution in [0.3, 0.4) is 0 Å². The molecule has 0 atom stereocenters. The van der Waals surface area contributed by atoms with Gasteiger partial charge in [0.25, 0.3) is 5.91 Å². The lowest BCUT2D eigenvalue weighted by Gasteiger charge is -2.12. The highest BCUT2D eigenvalue weighted by molar-refractivity contribution is 6.37. The fourth-order valence-electron chi connectivity index (χ4n) is 2.07. The molecule has 0 saturated carbocycles. The number of anilines is 2. The summed E-state index contributed by atoms with van der Waals surface area (Å²) in [5, 5.41) is 2.99. The maximum absolute atomic E-state index is 12.1. The van der Waals surface area contributed by atoms with E-state index in [0.717, 1.165) is 5.56 Å². The number of halogens is 2. The zero-order valence-electron chi connectivity index (χ0n) is 13.6. The van der Waals surface area contributed by atoms with E-state index in [2.05, 4.69) is 5.32 Å². The fraction of sp³-hybridized carbons (Fsp3) is 0.176. The van der Waals surface area contributed by atoms with E-state index < -0.39 is 18.5 Å². The first-order valence-electron chi connectivity index (χ1n) is 7.18. The van der Waals surface area contributed by atoms with E-state index in [-0.39, 0.29) is 21.3 Å². The Labute approximate surface area is 154 Å². The summed E-state index contributed by atoms with van der Waals surface area (Å²) < 4.78 is 10.1. The van der Waals surface area contributed by atoms with E-state index in [4.69, 9.17) is 38.4 Å². The van der Waals surface area contributed by atoms with Crippen LogP contribution >= 0.6 is 23.2 Å². The van der Waals surface area contributed by atoms with Gasteiger partial charge in [0.05, 0.1) is 29.1 Å². The van der Waals surface area contributed by atoms with Crippen LogP contribution in [-0.4, -0.2) is 25.6 Å². The molecular formula is C17H16Cl2N2O4. The second kappa shape index (κ2) is 8.09. The third-order valence-corrected chi connectivity index (χ3v) is 3.81. The van der Waals surface area contributed by atoms with Crippen LogP contribution < -0.4 is 15.8 Å². The van der Waals surface area contributed by atoms with Crippen molar-refractivity contribution in [2.45, 2.75) is 6.92 Å².